The molecule has 0 radical (unpaired) electrons. The zero-order valence-corrected chi connectivity index (χ0v) is 8.60. The van der Waals surface area contributed by atoms with Crippen LogP contribution in [0.3, 0.4) is 0 Å². The van der Waals surface area contributed by atoms with E-state index in [4.69, 9.17) is 5.73 Å². The Bertz CT molecular complexity index is 334. The highest BCUT2D eigenvalue weighted by Crippen LogP contribution is 2.24. The molecule has 3 heteroatoms. The number of carbonyl (C=O) groups is 1. The average Bonchev–Trinajstić information content (AvgIpc) is 1.97. The van der Waals surface area contributed by atoms with Gasteiger partial charge in [0.05, 0.1) is 0 Å². The summed E-state index contributed by atoms with van der Waals surface area (Å²) >= 11 is 3.31. The molecule has 0 saturated heterocycles. The Morgan fingerprint density at radius 3 is 2.50 bits per heavy atom. The number of benzene rings is 1. The Morgan fingerprint density at radius 1 is 1.50 bits per heavy atom. The standard InChI is InChI=1S/C9H10BrNO/c1-5-8(11)4-3-7(10)9(5)6(2)12/h3-4H,11H2,1-2H3. The largest absolute Gasteiger partial charge is 0.398 e. The topological polar surface area (TPSA) is 43.1 Å². The molecule has 2 N–H and O–H groups in total. The smallest absolute Gasteiger partial charge is 0.161 e. The second-order valence-electron chi connectivity index (χ2n) is 2.69. The van der Waals surface area contributed by atoms with Crippen molar-refractivity contribution < 1.29 is 4.79 Å². The summed E-state index contributed by atoms with van der Waals surface area (Å²) < 4.78 is 0.807. The molecule has 0 aromatic heterocycles. The molecule has 0 aliphatic rings. The van der Waals surface area contributed by atoms with Crippen LogP contribution in [0.25, 0.3) is 0 Å². The van der Waals surface area contributed by atoms with Gasteiger partial charge in [0.15, 0.2) is 5.78 Å². The van der Waals surface area contributed by atoms with E-state index in [2.05, 4.69) is 15.9 Å². The molecular weight excluding hydrogens is 218 g/mol. The second kappa shape index (κ2) is 3.27. The molecule has 0 amide bonds. The quantitative estimate of drug-likeness (QED) is 0.592. The molecule has 64 valence electrons. The highest BCUT2D eigenvalue weighted by molar-refractivity contribution is 9.10. The first-order valence-electron chi connectivity index (χ1n) is 3.59. The fourth-order valence-corrected chi connectivity index (χ4v) is 1.84. The molecule has 0 heterocycles. The fraction of sp³-hybridized carbons (Fsp3) is 0.222. The van der Waals surface area contributed by atoms with Gasteiger partial charge in [0.1, 0.15) is 0 Å². The van der Waals surface area contributed by atoms with Crippen molar-refractivity contribution in [1.29, 1.82) is 0 Å². The maximum atomic E-state index is 11.2. The predicted octanol–water partition coefficient (Wildman–Crippen LogP) is 2.54. The number of carbonyl (C=O) groups excluding carboxylic acids is 1. The van der Waals surface area contributed by atoms with E-state index in [1.165, 1.54) is 6.92 Å². The third-order valence-corrected chi connectivity index (χ3v) is 2.47. The van der Waals surface area contributed by atoms with Gasteiger partial charge in [0, 0.05) is 15.7 Å². The van der Waals surface area contributed by atoms with Crippen LogP contribution in [-0.2, 0) is 0 Å². The van der Waals surface area contributed by atoms with Crippen molar-refractivity contribution in [3.63, 3.8) is 0 Å². The second-order valence-corrected chi connectivity index (χ2v) is 3.55. The number of Topliss-reactive ketones (excluding diaryl/α,β-unsaturated/α-hetero) is 1. The zero-order valence-electron chi connectivity index (χ0n) is 7.02. The molecule has 0 spiro atoms. The number of ketones is 1. The van der Waals surface area contributed by atoms with Crippen molar-refractivity contribution >= 4 is 27.4 Å². The Labute approximate surface area is 79.9 Å². The third-order valence-electron chi connectivity index (χ3n) is 1.81. The van der Waals surface area contributed by atoms with Crippen LogP contribution in [0.5, 0.6) is 0 Å². The predicted molar refractivity (Wildman–Crippen MR) is 53.3 cm³/mol. The van der Waals surface area contributed by atoms with Gasteiger partial charge in [-0.1, -0.05) is 15.9 Å². The lowest BCUT2D eigenvalue weighted by Crippen LogP contribution is -2.01. The molecular formula is C9H10BrNO. The average molecular weight is 228 g/mol. The van der Waals surface area contributed by atoms with Gasteiger partial charge in [-0.2, -0.15) is 0 Å². The minimum atomic E-state index is 0.0340. The minimum Gasteiger partial charge on any atom is -0.398 e. The molecule has 1 rings (SSSR count). The molecule has 0 bridgehead atoms. The highest BCUT2D eigenvalue weighted by Gasteiger charge is 2.09. The van der Waals surface area contributed by atoms with Gasteiger partial charge in [-0.15, -0.1) is 0 Å². The Balaban J connectivity index is 3.43. The van der Waals surface area contributed by atoms with Crippen molar-refractivity contribution in [1.82, 2.24) is 0 Å². The van der Waals surface area contributed by atoms with Crippen LogP contribution >= 0.6 is 15.9 Å². The van der Waals surface area contributed by atoms with Crippen LogP contribution in [0.15, 0.2) is 16.6 Å². The molecule has 0 fully saturated rings. The number of nitrogen functional groups attached to an aromatic ring is 1. The first kappa shape index (κ1) is 9.26. The van der Waals surface area contributed by atoms with E-state index < -0.39 is 0 Å². The summed E-state index contributed by atoms with van der Waals surface area (Å²) in [4.78, 5) is 11.2. The van der Waals surface area contributed by atoms with Crippen LogP contribution in [0.4, 0.5) is 5.69 Å². The molecule has 0 unspecified atom stereocenters. The van der Waals surface area contributed by atoms with Crippen molar-refractivity contribution in [2.75, 3.05) is 5.73 Å². The number of hydrogen-bond donors (Lipinski definition) is 1. The van der Waals surface area contributed by atoms with Crippen LogP contribution < -0.4 is 5.73 Å². The minimum absolute atomic E-state index is 0.0340. The maximum Gasteiger partial charge on any atom is 0.161 e. The van der Waals surface area contributed by atoms with Gasteiger partial charge in [-0.3, -0.25) is 4.79 Å². The monoisotopic (exact) mass is 227 g/mol. The van der Waals surface area contributed by atoms with E-state index in [-0.39, 0.29) is 5.78 Å². The maximum absolute atomic E-state index is 11.2. The molecule has 0 aliphatic carbocycles. The third kappa shape index (κ3) is 1.50. The number of anilines is 1. The lowest BCUT2D eigenvalue weighted by atomic mass is 10.0. The first-order valence-corrected chi connectivity index (χ1v) is 4.39. The van der Waals surface area contributed by atoms with Gasteiger partial charge in [0.2, 0.25) is 0 Å². The first-order chi connectivity index (χ1) is 5.54. The lowest BCUT2D eigenvalue weighted by molar-refractivity contribution is 0.101. The van der Waals surface area contributed by atoms with E-state index in [0.29, 0.717) is 11.3 Å². The SMILES string of the molecule is CC(=O)c1c(Br)ccc(N)c1C. The van der Waals surface area contributed by atoms with Crippen LogP contribution in [0, 0.1) is 6.92 Å². The summed E-state index contributed by atoms with van der Waals surface area (Å²) in [5.41, 5.74) is 7.83. The fourth-order valence-electron chi connectivity index (χ4n) is 1.13. The van der Waals surface area contributed by atoms with Crippen molar-refractivity contribution in [2.45, 2.75) is 13.8 Å². The summed E-state index contributed by atoms with van der Waals surface area (Å²) in [7, 11) is 0. The van der Waals surface area contributed by atoms with E-state index in [0.717, 1.165) is 10.0 Å². The van der Waals surface area contributed by atoms with Gasteiger partial charge >= 0.3 is 0 Å². The van der Waals surface area contributed by atoms with Gasteiger partial charge in [-0.05, 0) is 31.5 Å². The van der Waals surface area contributed by atoms with Gasteiger partial charge in [-0.25, -0.2) is 0 Å². The normalized spacial score (nSPS) is 9.92. The Kier molecular flexibility index (Phi) is 2.52. The summed E-state index contributed by atoms with van der Waals surface area (Å²) in [5, 5.41) is 0. The van der Waals surface area contributed by atoms with Gasteiger partial charge < -0.3 is 5.73 Å². The summed E-state index contributed by atoms with van der Waals surface area (Å²) in [6, 6.07) is 3.57. The molecule has 2 nitrogen and oxygen atoms in total. The number of hydrogen-bond acceptors (Lipinski definition) is 2. The highest BCUT2D eigenvalue weighted by atomic mass is 79.9. The number of rotatable bonds is 1. The molecule has 1 aromatic rings. The molecule has 0 aliphatic heterocycles. The lowest BCUT2D eigenvalue weighted by Gasteiger charge is -2.06. The number of halogens is 1. The zero-order chi connectivity index (χ0) is 9.30. The summed E-state index contributed by atoms with van der Waals surface area (Å²) in [5.74, 6) is 0.0340. The summed E-state index contributed by atoms with van der Waals surface area (Å²) in [6.07, 6.45) is 0. The molecule has 1 aromatic carbocycles. The molecule has 0 saturated carbocycles. The van der Waals surface area contributed by atoms with Crippen molar-refractivity contribution in [3.8, 4) is 0 Å². The number of nitrogens with two attached hydrogens (primary N) is 1. The van der Waals surface area contributed by atoms with E-state index >= 15 is 0 Å². The Hall–Kier alpha value is -0.830. The van der Waals surface area contributed by atoms with Crippen LogP contribution in [0.1, 0.15) is 22.8 Å². The molecule has 12 heavy (non-hydrogen) atoms. The van der Waals surface area contributed by atoms with Gasteiger partial charge in [0.25, 0.3) is 0 Å². The van der Waals surface area contributed by atoms with Crippen LogP contribution in [0.2, 0.25) is 0 Å². The molecule has 0 atom stereocenters. The van der Waals surface area contributed by atoms with Crippen molar-refractivity contribution in [2.24, 2.45) is 0 Å². The summed E-state index contributed by atoms with van der Waals surface area (Å²) in [6.45, 7) is 3.38. The van der Waals surface area contributed by atoms with Crippen molar-refractivity contribution in [3.05, 3.63) is 27.7 Å². The van der Waals surface area contributed by atoms with E-state index in [9.17, 15) is 4.79 Å². The van der Waals surface area contributed by atoms with E-state index in [1.54, 1.807) is 12.1 Å². The van der Waals surface area contributed by atoms with E-state index in [1.807, 2.05) is 6.92 Å². The van der Waals surface area contributed by atoms with Crippen LogP contribution in [-0.4, -0.2) is 5.78 Å². The Morgan fingerprint density at radius 2 is 2.08 bits per heavy atom.